The lowest BCUT2D eigenvalue weighted by molar-refractivity contribution is 0.0158. The fourth-order valence-electron chi connectivity index (χ4n) is 2.33. The number of hydrogen-bond acceptors (Lipinski definition) is 4. The van der Waals surface area contributed by atoms with Crippen LogP contribution in [0.4, 0.5) is 15.0 Å². The Morgan fingerprint density at radius 2 is 2.14 bits per heavy atom. The van der Waals surface area contributed by atoms with Gasteiger partial charge in [0.15, 0.2) is 0 Å². The van der Waals surface area contributed by atoms with E-state index in [0.29, 0.717) is 29.0 Å². The van der Waals surface area contributed by atoms with E-state index in [-0.39, 0.29) is 18.0 Å². The number of ether oxygens (including phenoxy) is 1. The first kappa shape index (κ1) is 17.2. The van der Waals surface area contributed by atoms with E-state index in [1.165, 1.54) is 12.3 Å². The number of halogens is 2. The van der Waals surface area contributed by atoms with Gasteiger partial charge in [-0.3, -0.25) is 0 Å². The summed E-state index contributed by atoms with van der Waals surface area (Å²) in [4.78, 5) is 20.1. The van der Waals surface area contributed by atoms with Gasteiger partial charge in [0.25, 0.3) is 0 Å². The maximum atomic E-state index is 13.7. The zero-order valence-corrected chi connectivity index (χ0v) is 15.4. The molecule has 0 unspecified atom stereocenters. The first-order chi connectivity index (χ1) is 10.2. The number of anilines is 1. The van der Waals surface area contributed by atoms with Gasteiger partial charge in [0.1, 0.15) is 17.2 Å². The van der Waals surface area contributed by atoms with E-state index in [4.69, 9.17) is 4.74 Å². The molecule has 1 aliphatic heterocycles. The monoisotopic (exact) mass is 421 g/mol. The van der Waals surface area contributed by atoms with Gasteiger partial charge in [0.05, 0.1) is 3.57 Å². The standard InChI is InChI=1S/C15H21FIN3O2/c1-10-9-19(13-7-11(16)12(17)8-18-13)5-6-20(10)14(21)22-15(2,3)4/h7-8,10H,5-6,9H2,1-4H3/t10-/m0/s1. The van der Waals surface area contributed by atoms with Crippen molar-refractivity contribution in [3.05, 3.63) is 21.7 Å². The molecule has 1 aromatic heterocycles. The summed E-state index contributed by atoms with van der Waals surface area (Å²) in [6.45, 7) is 9.26. The van der Waals surface area contributed by atoms with Crippen LogP contribution in [0, 0.1) is 9.39 Å². The molecule has 1 aromatic rings. The second-order valence-corrected chi connectivity index (χ2v) is 7.59. The lowest BCUT2D eigenvalue weighted by atomic mass is 10.2. The molecule has 1 aliphatic rings. The average molecular weight is 421 g/mol. The lowest BCUT2D eigenvalue weighted by Gasteiger charge is -2.40. The third-order valence-electron chi connectivity index (χ3n) is 3.37. The van der Waals surface area contributed by atoms with Crippen molar-refractivity contribution in [2.45, 2.75) is 39.3 Å². The van der Waals surface area contributed by atoms with Crippen LogP contribution < -0.4 is 4.90 Å². The number of piperazine rings is 1. The van der Waals surface area contributed by atoms with E-state index >= 15 is 0 Å². The molecule has 1 fully saturated rings. The molecule has 2 rings (SSSR count). The summed E-state index contributed by atoms with van der Waals surface area (Å²) >= 11 is 1.91. The molecule has 1 saturated heterocycles. The molecule has 0 radical (unpaired) electrons. The molecule has 0 N–H and O–H groups in total. The lowest BCUT2D eigenvalue weighted by Crippen LogP contribution is -2.55. The molecule has 5 nitrogen and oxygen atoms in total. The van der Waals surface area contributed by atoms with Crippen LogP contribution in [0.1, 0.15) is 27.7 Å². The minimum Gasteiger partial charge on any atom is -0.444 e. The van der Waals surface area contributed by atoms with Crippen LogP contribution in [0.25, 0.3) is 0 Å². The Morgan fingerprint density at radius 1 is 1.45 bits per heavy atom. The Morgan fingerprint density at radius 3 is 2.68 bits per heavy atom. The van der Waals surface area contributed by atoms with E-state index < -0.39 is 5.60 Å². The first-order valence-corrected chi connectivity index (χ1v) is 8.31. The van der Waals surface area contributed by atoms with Crippen molar-refractivity contribution in [1.29, 1.82) is 0 Å². The number of aromatic nitrogens is 1. The highest BCUT2D eigenvalue weighted by molar-refractivity contribution is 14.1. The highest BCUT2D eigenvalue weighted by Crippen LogP contribution is 2.21. The molecule has 0 aliphatic carbocycles. The highest BCUT2D eigenvalue weighted by Gasteiger charge is 2.31. The van der Waals surface area contributed by atoms with Gasteiger partial charge in [-0.25, -0.2) is 14.2 Å². The molecule has 7 heteroatoms. The molecule has 22 heavy (non-hydrogen) atoms. The molecule has 1 amide bonds. The number of hydrogen-bond donors (Lipinski definition) is 0. The van der Waals surface area contributed by atoms with Gasteiger partial charge < -0.3 is 14.5 Å². The van der Waals surface area contributed by atoms with E-state index in [0.717, 1.165) is 0 Å². The van der Waals surface area contributed by atoms with Crippen molar-refractivity contribution in [2.24, 2.45) is 0 Å². The van der Waals surface area contributed by atoms with Crippen LogP contribution in [-0.2, 0) is 4.74 Å². The summed E-state index contributed by atoms with van der Waals surface area (Å²) in [6.07, 6.45) is 1.22. The van der Waals surface area contributed by atoms with Crippen molar-refractivity contribution in [2.75, 3.05) is 24.5 Å². The van der Waals surface area contributed by atoms with Crippen LogP contribution in [0.2, 0.25) is 0 Å². The van der Waals surface area contributed by atoms with E-state index in [1.54, 1.807) is 4.90 Å². The second kappa shape index (κ2) is 6.55. The Bertz CT molecular complexity index is 562. The van der Waals surface area contributed by atoms with Crippen LogP contribution in [0.3, 0.4) is 0 Å². The third kappa shape index (κ3) is 4.21. The first-order valence-electron chi connectivity index (χ1n) is 7.23. The van der Waals surface area contributed by atoms with E-state index in [9.17, 15) is 9.18 Å². The number of carbonyl (C=O) groups excluding carboxylic acids is 1. The molecule has 0 saturated carbocycles. The number of rotatable bonds is 1. The number of nitrogens with zero attached hydrogens (tertiary/aromatic N) is 3. The van der Waals surface area contributed by atoms with Gasteiger partial charge in [-0.1, -0.05) is 0 Å². The quantitative estimate of drug-likeness (QED) is 0.654. The van der Waals surface area contributed by atoms with E-state index in [1.807, 2.05) is 55.2 Å². The van der Waals surface area contributed by atoms with Gasteiger partial charge >= 0.3 is 6.09 Å². The highest BCUT2D eigenvalue weighted by atomic mass is 127. The number of amides is 1. The molecule has 2 heterocycles. The van der Waals surface area contributed by atoms with Crippen LogP contribution in [0.5, 0.6) is 0 Å². The Hall–Kier alpha value is -1.12. The fourth-order valence-corrected chi connectivity index (χ4v) is 2.63. The number of carbonyl (C=O) groups is 1. The summed E-state index contributed by atoms with van der Waals surface area (Å²) in [6, 6.07) is 1.42. The van der Waals surface area contributed by atoms with Gasteiger partial charge in [-0.2, -0.15) is 0 Å². The van der Waals surface area contributed by atoms with Gasteiger partial charge in [-0.15, -0.1) is 0 Å². The van der Waals surface area contributed by atoms with Gasteiger partial charge in [-0.05, 0) is 50.3 Å². The van der Waals surface area contributed by atoms with Crippen molar-refractivity contribution >= 4 is 34.5 Å². The maximum absolute atomic E-state index is 13.7. The Balaban J connectivity index is 2.03. The summed E-state index contributed by atoms with van der Waals surface area (Å²) < 4.78 is 19.6. The van der Waals surface area contributed by atoms with Crippen molar-refractivity contribution in [1.82, 2.24) is 9.88 Å². The smallest absolute Gasteiger partial charge is 0.410 e. The summed E-state index contributed by atoms with van der Waals surface area (Å²) in [5, 5.41) is 0. The van der Waals surface area contributed by atoms with E-state index in [2.05, 4.69) is 4.98 Å². The minimum atomic E-state index is -0.505. The maximum Gasteiger partial charge on any atom is 0.410 e. The predicted octanol–water partition coefficient (Wildman–Crippen LogP) is 3.27. The zero-order chi connectivity index (χ0) is 16.5. The third-order valence-corrected chi connectivity index (χ3v) is 4.17. The summed E-state index contributed by atoms with van der Waals surface area (Å²) in [5.41, 5.74) is -0.505. The van der Waals surface area contributed by atoms with Crippen LogP contribution >= 0.6 is 22.6 Å². The predicted molar refractivity (Wildman–Crippen MR) is 91.5 cm³/mol. The molecule has 0 bridgehead atoms. The van der Waals surface area contributed by atoms with Crippen LogP contribution in [-0.4, -0.2) is 47.3 Å². The van der Waals surface area contributed by atoms with Crippen molar-refractivity contribution < 1.29 is 13.9 Å². The van der Waals surface area contributed by atoms with Gasteiger partial charge in [0, 0.05) is 37.9 Å². The molecule has 0 spiro atoms. The SMILES string of the molecule is C[C@H]1CN(c2cc(F)c(I)cn2)CCN1C(=O)OC(C)(C)C. The minimum absolute atomic E-state index is 0.0206. The molecule has 1 atom stereocenters. The number of pyridine rings is 1. The van der Waals surface area contributed by atoms with Crippen LogP contribution in [0.15, 0.2) is 12.3 Å². The molecular formula is C15H21FIN3O2. The normalized spacial score (nSPS) is 19.3. The topological polar surface area (TPSA) is 45.7 Å². The average Bonchev–Trinajstić information content (AvgIpc) is 2.39. The largest absolute Gasteiger partial charge is 0.444 e. The summed E-state index contributed by atoms with van der Waals surface area (Å²) in [7, 11) is 0. The Labute approximate surface area is 144 Å². The van der Waals surface area contributed by atoms with Gasteiger partial charge in [0.2, 0.25) is 0 Å². The zero-order valence-electron chi connectivity index (χ0n) is 13.3. The Kier molecular flexibility index (Phi) is 5.14. The van der Waals surface area contributed by atoms with Crippen molar-refractivity contribution in [3.63, 3.8) is 0 Å². The molecule has 122 valence electrons. The molecular weight excluding hydrogens is 400 g/mol. The fraction of sp³-hybridized carbons (Fsp3) is 0.600. The summed E-state index contributed by atoms with van der Waals surface area (Å²) in [5.74, 6) is 0.335. The van der Waals surface area contributed by atoms with Crippen molar-refractivity contribution in [3.8, 4) is 0 Å². The second-order valence-electron chi connectivity index (χ2n) is 6.43. The molecule has 0 aromatic carbocycles.